The lowest BCUT2D eigenvalue weighted by molar-refractivity contribution is -0.144. The number of benzene rings is 1. The highest BCUT2D eigenvalue weighted by molar-refractivity contribution is 14.1. The van der Waals surface area contributed by atoms with E-state index in [1.165, 1.54) is 0 Å². The van der Waals surface area contributed by atoms with Gasteiger partial charge >= 0.3 is 12.4 Å². The molecular weight excluding hydrogens is 365 g/mol. The molecule has 0 aliphatic rings. The molecule has 8 heteroatoms. The number of aldehydes is 1. The zero-order valence-electron chi connectivity index (χ0n) is 7.79. The number of rotatable bonds is 1. The van der Waals surface area contributed by atoms with E-state index in [4.69, 9.17) is 0 Å². The van der Waals surface area contributed by atoms with Gasteiger partial charge in [-0.1, -0.05) is 0 Å². The van der Waals surface area contributed by atoms with E-state index in [2.05, 4.69) is 0 Å². The molecule has 0 amide bonds. The molecule has 1 nitrogen and oxygen atoms in total. The average Bonchev–Trinajstić information content (AvgIpc) is 2.14. The van der Waals surface area contributed by atoms with E-state index >= 15 is 0 Å². The predicted molar refractivity (Wildman–Crippen MR) is 54.6 cm³/mol. The Bertz CT molecular complexity index is 413. The Balaban J connectivity index is 3.59. The second kappa shape index (κ2) is 4.46. The Morgan fingerprint density at radius 3 is 1.53 bits per heavy atom. The zero-order valence-corrected chi connectivity index (χ0v) is 9.94. The third kappa shape index (κ3) is 3.11. The van der Waals surface area contributed by atoms with Crippen LogP contribution in [0, 0.1) is 3.57 Å². The Kier molecular flexibility index (Phi) is 3.75. The second-order valence-corrected chi connectivity index (χ2v) is 4.12. The van der Waals surface area contributed by atoms with E-state index in [1.807, 2.05) is 0 Å². The van der Waals surface area contributed by atoms with Crippen molar-refractivity contribution in [1.29, 1.82) is 0 Å². The maximum absolute atomic E-state index is 12.4. The standard InChI is InChI=1S/C9H3F6IO/c10-8(11,12)5-1-4(3-17)2-6(7(5)16)9(13,14)15/h1-3H. The molecule has 0 N–H and O–H groups in total. The molecule has 0 spiro atoms. The topological polar surface area (TPSA) is 17.1 Å². The summed E-state index contributed by atoms with van der Waals surface area (Å²) in [5.41, 5.74) is -3.59. The summed E-state index contributed by atoms with van der Waals surface area (Å²) < 4.78 is 73.7. The van der Waals surface area contributed by atoms with Gasteiger partial charge in [0, 0.05) is 9.13 Å². The molecule has 0 bridgehead atoms. The molecule has 1 rings (SSSR count). The Morgan fingerprint density at radius 2 is 1.29 bits per heavy atom. The average molecular weight is 368 g/mol. The van der Waals surface area contributed by atoms with Gasteiger partial charge in [-0.25, -0.2) is 0 Å². The lowest BCUT2D eigenvalue weighted by atomic mass is 10.1. The third-order valence-corrected chi connectivity index (χ3v) is 3.00. The van der Waals surface area contributed by atoms with Crippen LogP contribution in [0.15, 0.2) is 12.1 Å². The molecule has 0 aliphatic heterocycles. The van der Waals surface area contributed by atoms with Crippen molar-refractivity contribution in [2.45, 2.75) is 12.4 Å². The van der Waals surface area contributed by atoms with Crippen molar-refractivity contribution in [3.8, 4) is 0 Å². The van der Waals surface area contributed by atoms with Crippen LogP contribution in [0.5, 0.6) is 0 Å². The highest BCUT2D eigenvalue weighted by Crippen LogP contribution is 2.40. The van der Waals surface area contributed by atoms with Gasteiger partial charge in [0.25, 0.3) is 0 Å². The first-order valence-corrected chi connectivity index (χ1v) is 5.08. The van der Waals surface area contributed by atoms with E-state index < -0.39 is 32.6 Å². The summed E-state index contributed by atoms with van der Waals surface area (Å²) in [6.45, 7) is 0. The number of halogens is 7. The van der Waals surface area contributed by atoms with E-state index in [0.717, 1.165) is 22.6 Å². The summed E-state index contributed by atoms with van der Waals surface area (Å²) >= 11 is 0.968. The molecule has 1 aromatic carbocycles. The molecule has 0 unspecified atom stereocenters. The van der Waals surface area contributed by atoms with Crippen molar-refractivity contribution in [1.82, 2.24) is 0 Å². The minimum Gasteiger partial charge on any atom is -0.298 e. The van der Waals surface area contributed by atoms with Crippen LogP contribution in [0.2, 0.25) is 0 Å². The summed E-state index contributed by atoms with van der Waals surface area (Å²) in [5, 5.41) is 0. The van der Waals surface area contributed by atoms with Crippen LogP contribution in [-0.4, -0.2) is 6.29 Å². The van der Waals surface area contributed by atoms with E-state index in [1.54, 1.807) is 0 Å². The van der Waals surface area contributed by atoms with Gasteiger partial charge in [0.15, 0.2) is 0 Å². The predicted octanol–water partition coefficient (Wildman–Crippen LogP) is 4.14. The molecule has 0 aliphatic carbocycles. The number of alkyl halides is 6. The summed E-state index contributed by atoms with van der Waals surface area (Å²) in [5.74, 6) is 0. The number of hydrogen-bond acceptors (Lipinski definition) is 1. The zero-order chi connectivity index (χ0) is 13.4. The molecule has 17 heavy (non-hydrogen) atoms. The van der Waals surface area contributed by atoms with Gasteiger partial charge in [0.05, 0.1) is 11.1 Å². The van der Waals surface area contributed by atoms with Crippen LogP contribution in [0.1, 0.15) is 21.5 Å². The Morgan fingerprint density at radius 1 is 0.941 bits per heavy atom. The lowest BCUT2D eigenvalue weighted by Gasteiger charge is -2.15. The molecule has 0 radical (unpaired) electrons. The number of carbonyl (C=O) groups excluding carboxylic acids is 1. The second-order valence-electron chi connectivity index (χ2n) is 3.04. The molecule has 0 saturated carbocycles. The molecule has 0 atom stereocenters. The smallest absolute Gasteiger partial charge is 0.298 e. The maximum atomic E-state index is 12.4. The minimum absolute atomic E-state index is 0.0550. The molecule has 0 fully saturated rings. The third-order valence-electron chi connectivity index (χ3n) is 1.84. The normalized spacial score (nSPS) is 12.6. The van der Waals surface area contributed by atoms with Gasteiger partial charge in [0.1, 0.15) is 6.29 Å². The minimum atomic E-state index is -4.93. The van der Waals surface area contributed by atoms with Crippen molar-refractivity contribution >= 4 is 28.9 Å². The van der Waals surface area contributed by atoms with Gasteiger partial charge in [-0.3, -0.25) is 4.79 Å². The quantitative estimate of drug-likeness (QED) is 0.414. The molecule has 94 valence electrons. The van der Waals surface area contributed by atoms with E-state index in [-0.39, 0.29) is 6.29 Å². The fourth-order valence-electron chi connectivity index (χ4n) is 1.13. The van der Waals surface area contributed by atoms with Crippen molar-refractivity contribution in [2.75, 3.05) is 0 Å². The SMILES string of the molecule is O=Cc1cc(C(F)(F)F)c(I)c(C(F)(F)F)c1. The van der Waals surface area contributed by atoms with Crippen molar-refractivity contribution in [3.05, 3.63) is 32.4 Å². The van der Waals surface area contributed by atoms with Crippen molar-refractivity contribution in [2.24, 2.45) is 0 Å². The van der Waals surface area contributed by atoms with E-state index in [9.17, 15) is 31.1 Å². The van der Waals surface area contributed by atoms with Gasteiger partial charge in [-0.05, 0) is 34.7 Å². The largest absolute Gasteiger partial charge is 0.417 e. The van der Waals surface area contributed by atoms with Crippen LogP contribution >= 0.6 is 22.6 Å². The first kappa shape index (κ1) is 14.3. The van der Waals surface area contributed by atoms with Crippen LogP contribution in [0.3, 0.4) is 0 Å². The fourth-order valence-corrected chi connectivity index (χ4v) is 2.05. The Labute approximate surface area is 105 Å². The summed E-state index contributed by atoms with van der Waals surface area (Å²) in [6.07, 6.45) is -9.92. The molecule has 0 aromatic heterocycles. The van der Waals surface area contributed by atoms with Gasteiger partial charge in [-0.15, -0.1) is 0 Å². The van der Waals surface area contributed by atoms with Gasteiger partial charge < -0.3 is 0 Å². The van der Waals surface area contributed by atoms with Crippen LogP contribution in [0.4, 0.5) is 26.3 Å². The monoisotopic (exact) mass is 368 g/mol. The molecule has 1 aromatic rings. The van der Waals surface area contributed by atoms with Crippen LogP contribution in [0.25, 0.3) is 0 Å². The van der Waals surface area contributed by atoms with Crippen LogP contribution in [-0.2, 0) is 12.4 Å². The lowest BCUT2D eigenvalue weighted by Crippen LogP contribution is -2.15. The molecule has 0 heterocycles. The Hall–Kier alpha value is -0.800. The highest BCUT2D eigenvalue weighted by Gasteiger charge is 2.40. The molecular formula is C9H3F6IO. The van der Waals surface area contributed by atoms with E-state index in [0.29, 0.717) is 12.1 Å². The van der Waals surface area contributed by atoms with Crippen molar-refractivity contribution < 1.29 is 31.1 Å². The number of hydrogen-bond donors (Lipinski definition) is 0. The number of carbonyl (C=O) groups is 1. The summed E-state index contributed by atoms with van der Waals surface area (Å²) in [4.78, 5) is 10.3. The summed E-state index contributed by atoms with van der Waals surface area (Å²) in [6, 6.07) is 0.786. The maximum Gasteiger partial charge on any atom is 0.417 e. The van der Waals surface area contributed by atoms with Gasteiger partial charge in [-0.2, -0.15) is 26.3 Å². The van der Waals surface area contributed by atoms with Gasteiger partial charge in [0.2, 0.25) is 0 Å². The highest BCUT2D eigenvalue weighted by atomic mass is 127. The first-order chi connectivity index (χ1) is 7.57. The fraction of sp³-hybridized carbons (Fsp3) is 0.222. The van der Waals surface area contributed by atoms with Crippen molar-refractivity contribution in [3.63, 3.8) is 0 Å². The summed E-state index contributed by atoms with van der Waals surface area (Å²) in [7, 11) is 0. The first-order valence-electron chi connectivity index (χ1n) is 4.00. The van der Waals surface area contributed by atoms with Crippen LogP contribution < -0.4 is 0 Å². The molecule has 0 saturated heterocycles.